The van der Waals surface area contributed by atoms with E-state index < -0.39 is 11.9 Å². The second kappa shape index (κ2) is 31.4. The zero-order chi connectivity index (χ0) is 18.2. The summed E-state index contributed by atoms with van der Waals surface area (Å²) in [6.45, 7) is 14.0. The van der Waals surface area contributed by atoms with Crippen molar-refractivity contribution < 1.29 is 19.8 Å². The van der Waals surface area contributed by atoms with Gasteiger partial charge >= 0.3 is 0 Å². The van der Waals surface area contributed by atoms with Crippen LogP contribution in [0.25, 0.3) is 0 Å². The minimum atomic E-state index is -0.833. The minimum Gasteiger partial charge on any atom is -0.481 e. The lowest BCUT2D eigenvalue weighted by atomic mass is 10.4. The Balaban J connectivity index is -0.0000000937. The average Bonchev–Trinajstić information content (AvgIpc) is 2.48. The average molecular weight is 314 g/mol. The van der Waals surface area contributed by atoms with Crippen LogP contribution in [0.2, 0.25) is 0 Å². The molecule has 0 amide bonds. The summed E-state index contributed by atoms with van der Waals surface area (Å²) in [5, 5.41) is 21.3. The van der Waals surface area contributed by atoms with E-state index in [2.05, 4.69) is 34.3 Å². The Morgan fingerprint density at radius 1 is 0.682 bits per heavy atom. The van der Waals surface area contributed by atoms with Crippen molar-refractivity contribution in [2.45, 2.75) is 41.5 Å². The molecule has 1 aliphatic rings. The molecule has 1 saturated heterocycles. The fourth-order valence-electron chi connectivity index (χ4n) is 0.604. The SMILES string of the molecule is C1CNCCN1.CC#CC.CC#CC.CC(=O)O.CC(=O)O. The molecule has 1 heterocycles. The van der Waals surface area contributed by atoms with E-state index in [1.807, 2.05) is 27.7 Å². The quantitative estimate of drug-likeness (QED) is 0.505. The van der Waals surface area contributed by atoms with Crippen molar-refractivity contribution in [2.75, 3.05) is 26.2 Å². The highest BCUT2D eigenvalue weighted by Gasteiger charge is 1.91. The zero-order valence-corrected chi connectivity index (χ0v) is 14.5. The van der Waals surface area contributed by atoms with E-state index in [9.17, 15) is 0 Å². The molecule has 0 atom stereocenters. The van der Waals surface area contributed by atoms with Crippen molar-refractivity contribution in [1.29, 1.82) is 0 Å². The molecule has 0 radical (unpaired) electrons. The second-order valence-electron chi connectivity index (χ2n) is 3.54. The van der Waals surface area contributed by atoms with Gasteiger partial charge in [0.15, 0.2) is 0 Å². The molecule has 1 rings (SSSR count). The Labute approximate surface area is 134 Å². The first kappa shape index (κ1) is 28.2. The van der Waals surface area contributed by atoms with Gasteiger partial charge in [0, 0.05) is 40.0 Å². The second-order valence-corrected chi connectivity index (χ2v) is 3.54. The third kappa shape index (κ3) is 145. The van der Waals surface area contributed by atoms with Crippen LogP contribution in [0.4, 0.5) is 0 Å². The number of piperazine rings is 1. The van der Waals surface area contributed by atoms with Gasteiger partial charge in [-0.15, -0.1) is 23.7 Å². The maximum absolute atomic E-state index is 9.00. The number of carboxylic acid groups (broad SMARTS) is 2. The lowest BCUT2D eigenvalue weighted by Gasteiger charge is -2.11. The first-order valence-corrected chi connectivity index (χ1v) is 6.77. The molecule has 1 aliphatic heterocycles. The highest BCUT2D eigenvalue weighted by atomic mass is 16.4. The molecule has 0 unspecified atom stereocenters. The molecule has 0 aromatic rings. The van der Waals surface area contributed by atoms with Crippen LogP contribution in [0.5, 0.6) is 0 Å². The van der Waals surface area contributed by atoms with Crippen LogP contribution in [0, 0.1) is 23.7 Å². The molecule has 0 spiro atoms. The van der Waals surface area contributed by atoms with E-state index in [4.69, 9.17) is 19.8 Å². The Hall–Kier alpha value is -2.02. The van der Waals surface area contributed by atoms with Crippen LogP contribution in [0.1, 0.15) is 41.5 Å². The lowest BCUT2D eigenvalue weighted by molar-refractivity contribution is -0.135. The van der Waals surface area contributed by atoms with Gasteiger partial charge in [-0.2, -0.15) is 0 Å². The third-order valence-electron chi connectivity index (χ3n) is 1.46. The van der Waals surface area contributed by atoms with E-state index in [1.165, 1.54) is 0 Å². The van der Waals surface area contributed by atoms with E-state index in [0.717, 1.165) is 40.0 Å². The molecule has 0 aliphatic carbocycles. The predicted octanol–water partition coefficient (Wildman–Crippen LogP) is 1.42. The highest BCUT2D eigenvalue weighted by Crippen LogP contribution is 1.65. The first-order chi connectivity index (χ1) is 10.3. The summed E-state index contributed by atoms with van der Waals surface area (Å²) in [5.41, 5.74) is 0. The van der Waals surface area contributed by atoms with E-state index >= 15 is 0 Å². The van der Waals surface area contributed by atoms with Gasteiger partial charge in [0.1, 0.15) is 0 Å². The van der Waals surface area contributed by atoms with Gasteiger partial charge in [-0.25, -0.2) is 0 Å². The number of rotatable bonds is 0. The summed E-state index contributed by atoms with van der Waals surface area (Å²) in [4.78, 5) is 18.0. The van der Waals surface area contributed by atoms with Crippen LogP contribution in [0.15, 0.2) is 0 Å². The number of aliphatic carboxylic acids is 2. The summed E-state index contributed by atoms with van der Waals surface area (Å²) in [6, 6.07) is 0. The summed E-state index contributed by atoms with van der Waals surface area (Å²) in [7, 11) is 0. The van der Waals surface area contributed by atoms with E-state index in [-0.39, 0.29) is 0 Å². The van der Waals surface area contributed by atoms with E-state index in [0.29, 0.717) is 0 Å². The Morgan fingerprint density at radius 2 is 0.818 bits per heavy atom. The number of carbonyl (C=O) groups is 2. The van der Waals surface area contributed by atoms with Crippen molar-refractivity contribution in [2.24, 2.45) is 0 Å². The third-order valence-corrected chi connectivity index (χ3v) is 1.46. The fraction of sp³-hybridized carbons (Fsp3) is 0.625. The van der Waals surface area contributed by atoms with Crippen LogP contribution >= 0.6 is 0 Å². The molecule has 0 aromatic carbocycles. The van der Waals surface area contributed by atoms with Crippen molar-refractivity contribution in [1.82, 2.24) is 10.6 Å². The lowest BCUT2D eigenvalue weighted by Crippen LogP contribution is -2.39. The monoisotopic (exact) mass is 314 g/mol. The van der Waals surface area contributed by atoms with Crippen LogP contribution < -0.4 is 10.6 Å². The number of hydrogen-bond donors (Lipinski definition) is 4. The number of carboxylic acids is 2. The topological polar surface area (TPSA) is 98.7 Å². The Kier molecular flexibility index (Phi) is 40.2. The summed E-state index contributed by atoms with van der Waals surface area (Å²) in [6.07, 6.45) is 0. The molecule has 6 nitrogen and oxygen atoms in total. The summed E-state index contributed by atoms with van der Waals surface area (Å²) in [5.74, 6) is 9.06. The van der Waals surface area contributed by atoms with Crippen molar-refractivity contribution >= 4 is 11.9 Å². The molecule has 0 aromatic heterocycles. The van der Waals surface area contributed by atoms with Crippen LogP contribution in [-0.4, -0.2) is 48.3 Å². The number of nitrogens with one attached hydrogen (secondary N) is 2. The minimum absolute atomic E-state index is 0.833. The molecule has 22 heavy (non-hydrogen) atoms. The maximum Gasteiger partial charge on any atom is 0.300 e. The molecular weight excluding hydrogens is 284 g/mol. The van der Waals surface area contributed by atoms with E-state index in [1.54, 1.807) is 0 Å². The largest absolute Gasteiger partial charge is 0.481 e. The van der Waals surface area contributed by atoms with Crippen LogP contribution in [-0.2, 0) is 9.59 Å². The molecule has 0 bridgehead atoms. The van der Waals surface area contributed by atoms with Crippen LogP contribution in [0.3, 0.4) is 0 Å². The normalized spacial score (nSPS) is 10.1. The van der Waals surface area contributed by atoms with Gasteiger partial charge in [-0.1, -0.05) is 0 Å². The van der Waals surface area contributed by atoms with Gasteiger partial charge in [0.2, 0.25) is 0 Å². The Bertz CT molecular complexity index is 294. The highest BCUT2D eigenvalue weighted by molar-refractivity contribution is 5.63. The zero-order valence-electron chi connectivity index (χ0n) is 14.5. The van der Waals surface area contributed by atoms with Gasteiger partial charge in [0.05, 0.1) is 0 Å². The predicted molar refractivity (Wildman–Crippen MR) is 90.6 cm³/mol. The van der Waals surface area contributed by atoms with Crippen molar-refractivity contribution in [3.05, 3.63) is 0 Å². The molecule has 0 saturated carbocycles. The number of hydrogen-bond acceptors (Lipinski definition) is 4. The standard InChI is InChI=1S/C4H10N2.2C4H6.2C2H4O2/c1-2-6-4-3-5-1;2*1-3-4-2;2*1-2(3)4/h5-6H,1-4H2;2*1-2H3;2*1H3,(H,3,4). The summed E-state index contributed by atoms with van der Waals surface area (Å²) >= 11 is 0. The molecule has 4 N–H and O–H groups in total. The fourth-order valence-corrected chi connectivity index (χ4v) is 0.604. The van der Waals surface area contributed by atoms with Crippen molar-refractivity contribution in [3.63, 3.8) is 0 Å². The summed E-state index contributed by atoms with van der Waals surface area (Å²) < 4.78 is 0. The van der Waals surface area contributed by atoms with Crippen molar-refractivity contribution in [3.8, 4) is 23.7 Å². The van der Waals surface area contributed by atoms with Gasteiger partial charge in [0.25, 0.3) is 11.9 Å². The Morgan fingerprint density at radius 3 is 0.864 bits per heavy atom. The maximum atomic E-state index is 9.00. The molecule has 6 heteroatoms. The first-order valence-electron chi connectivity index (χ1n) is 6.77. The molecule has 128 valence electrons. The molecule has 1 fully saturated rings. The van der Waals surface area contributed by atoms with Gasteiger partial charge < -0.3 is 20.8 Å². The van der Waals surface area contributed by atoms with Gasteiger partial charge in [-0.05, 0) is 27.7 Å². The molecular formula is C16H30N2O4. The smallest absolute Gasteiger partial charge is 0.300 e. The van der Waals surface area contributed by atoms with Gasteiger partial charge in [-0.3, -0.25) is 9.59 Å².